The van der Waals surface area contributed by atoms with Gasteiger partial charge in [0.15, 0.2) is 0 Å². The number of aromatic nitrogens is 1. The zero-order chi connectivity index (χ0) is 12.4. The summed E-state index contributed by atoms with van der Waals surface area (Å²) in [6, 6.07) is 4.51. The fourth-order valence-electron chi connectivity index (χ4n) is 2.54. The van der Waals surface area contributed by atoms with Gasteiger partial charge < -0.3 is 9.88 Å². The number of hydrogen-bond acceptors (Lipinski definition) is 1. The first-order valence-corrected chi connectivity index (χ1v) is 6.34. The third-order valence-corrected chi connectivity index (χ3v) is 3.62. The predicted molar refractivity (Wildman–Crippen MR) is 74.6 cm³/mol. The van der Waals surface area contributed by atoms with Crippen LogP contribution in [0.4, 0.5) is 0 Å². The Morgan fingerprint density at radius 2 is 2.00 bits per heavy atom. The van der Waals surface area contributed by atoms with Crippen LogP contribution in [0.1, 0.15) is 23.1 Å². The number of aryl methyl sites for hydroxylation is 4. The molecule has 0 atom stereocenters. The second kappa shape index (κ2) is 4.92. The molecule has 0 unspecified atom stereocenters. The highest BCUT2D eigenvalue weighted by molar-refractivity contribution is 5.87. The van der Waals surface area contributed by atoms with Crippen molar-refractivity contribution in [3.05, 3.63) is 35.0 Å². The minimum absolute atomic E-state index is 1.08. The molecule has 1 aromatic carbocycles. The van der Waals surface area contributed by atoms with Crippen LogP contribution in [0.15, 0.2) is 18.3 Å². The second-order valence-electron chi connectivity index (χ2n) is 4.88. The molecule has 2 aromatic rings. The van der Waals surface area contributed by atoms with E-state index in [9.17, 15) is 0 Å². The highest BCUT2D eigenvalue weighted by atomic mass is 14.9. The van der Waals surface area contributed by atoms with Crippen LogP contribution in [0.3, 0.4) is 0 Å². The number of nitrogens with one attached hydrogen (secondary N) is 1. The summed E-state index contributed by atoms with van der Waals surface area (Å²) >= 11 is 0. The third kappa shape index (κ3) is 2.22. The zero-order valence-electron chi connectivity index (χ0n) is 11.3. The highest BCUT2D eigenvalue weighted by Crippen LogP contribution is 2.26. The molecule has 1 aromatic heterocycles. The van der Waals surface area contributed by atoms with Gasteiger partial charge in [-0.2, -0.15) is 0 Å². The highest BCUT2D eigenvalue weighted by Gasteiger charge is 2.09. The summed E-state index contributed by atoms with van der Waals surface area (Å²) in [4.78, 5) is 0. The van der Waals surface area contributed by atoms with Gasteiger partial charge in [-0.15, -0.1) is 0 Å². The van der Waals surface area contributed by atoms with Crippen LogP contribution < -0.4 is 5.32 Å². The van der Waals surface area contributed by atoms with Gasteiger partial charge in [0.25, 0.3) is 0 Å². The Bertz CT molecular complexity index is 523. The Morgan fingerprint density at radius 1 is 1.24 bits per heavy atom. The number of nitrogens with zero attached hydrogens (tertiary/aromatic N) is 1. The molecule has 0 saturated heterocycles. The van der Waals surface area contributed by atoms with E-state index in [-0.39, 0.29) is 0 Å². The van der Waals surface area contributed by atoms with Crippen molar-refractivity contribution in [2.75, 3.05) is 13.6 Å². The maximum Gasteiger partial charge on any atom is 0.0512 e. The molecule has 0 aliphatic heterocycles. The predicted octanol–water partition coefficient (Wildman–Crippen LogP) is 2.95. The Morgan fingerprint density at radius 3 is 2.71 bits per heavy atom. The van der Waals surface area contributed by atoms with Crippen molar-refractivity contribution in [2.45, 2.75) is 26.7 Å². The summed E-state index contributed by atoms with van der Waals surface area (Å²) in [7, 11) is 4.16. The van der Waals surface area contributed by atoms with Crippen molar-refractivity contribution in [2.24, 2.45) is 7.05 Å². The van der Waals surface area contributed by atoms with E-state index < -0.39 is 0 Å². The molecular weight excluding hydrogens is 208 g/mol. The van der Waals surface area contributed by atoms with Crippen molar-refractivity contribution in [3.63, 3.8) is 0 Å². The fourth-order valence-corrected chi connectivity index (χ4v) is 2.54. The molecule has 2 rings (SSSR count). The van der Waals surface area contributed by atoms with Gasteiger partial charge in [0.1, 0.15) is 0 Å². The van der Waals surface area contributed by atoms with Gasteiger partial charge in [0, 0.05) is 18.6 Å². The maximum absolute atomic E-state index is 3.21. The van der Waals surface area contributed by atoms with E-state index in [0.29, 0.717) is 0 Å². The molecular formula is C15H22N2. The molecule has 17 heavy (non-hydrogen) atoms. The molecule has 92 valence electrons. The van der Waals surface area contributed by atoms with Crippen molar-refractivity contribution in [1.82, 2.24) is 9.88 Å². The SMILES string of the molecule is CNCCCc1cn(C)c2c(C)c(C)ccc12. The van der Waals surface area contributed by atoms with Gasteiger partial charge in [-0.1, -0.05) is 12.1 Å². The Balaban J connectivity index is 2.42. The average molecular weight is 230 g/mol. The molecule has 0 saturated carbocycles. The largest absolute Gasteiger partial charge is 0.350 e. The number of rotatable bonds is 4. The first-order chi connectivity index (χ1) is 8.15. The van der Waals surface area contributed by atoms with Crippen molar-refractivity contribution < 1.29 is 0 Å². The summed E-state index contributed by atoms with van der Waals surface area (Å²) in [6.07, 6.45) is 4.63. The lowest BCUT2D eigenvalue weighted by Crippen LogP contribution is -2.08. The van der Waals surface area contributed by atoms with Crippen LogP contribution >= 0.6 is 0 Å². The van der Waals surface area contributed by atoms with E-state index in [1.807, 2.05) is 7.05 Å². The van der Waals surface area contributed by atoms with Crippen LogP contribution in [0.5, 0.6) is 0 Å². The standard InChI is InChI=1S/C15H22N2/c1-11-7-8-14-13(6-5-9-16-3)10-17(4)15(14)12(11)2/h7-8,10,16H,5-6,9H2,1-4H3. The van der Waals surface area contributed by atoms with Gasteiger partial charge in [0.2, 0.25) is 0 Å². The number of benzene rings is 1. The quantitative estimate of drug-likeness (QED) is 0.799. The Hall–Kier alpha value is -1.28. The van der Waals surface area contributed by atoms with E-state index in [1.165, 1.54) is 34.0 Å². The molecule has 2 nitrogen and oxygen atoms in total. The first-order valence-electron chi connectivity index (χ1n) is 6.34. The van der Waals surface area contributed by atoms with Gasteiger partial charge >= 0.3 is 0 Å². The van der Waals surface area contributed by atoms with Gasteiger partial charge in [0.05, 0.1) is 5.52 Å². The minimum Gasteiger partial charge on any atom is -0.350 e. The summed E-state index contributed by atoms with van der Waals surface area (Å²) in [6.45, 7) is 5.48. The van der Waals surface area contributed by atoms with E-state index >= 15 is 0 Å². The van der Waals surface area contributed by atoms with E-state index in [0.717, 1.165) is 13.0 Å². The van der Waals surface area contributed by atoms with E-state index in [1.54, 1.807) is 0 Å². The third-order valence-electron chi connectivity index (χ3n) is 3.62. The number of hydrogen-bond donors (Lipinski definition) is 1. The maximum atomic E-state index is 3.21. The summed E-state index contributed by atoms with van der Waals surface area (Å²) < 4.78 is 2.27. The Labute approximate surface area is 104 Å². The summed E-state index contributed by atoms with van der Waals surface area (Å²) in [5, 5.41) is 4.63. The van der Waals surface area contributed by atoms with Crippen LogP contribution in [0.25, 0.3) is 10.9 Å². The summed E-state index contributed by atoms with van der Waals surface area (Å²) in [5.41, 5.74) is 5.65. The van der Waals surface area contributed by atoms with E-state index in [2.05, 4.69) is 49.1 Å². The molecule has 0 fully saturated rings. The summed E-state index contributed by atoms with van der Waals surface area (Å²) in [5.74, 6) is 0. The van der Waals surface area contributed by atoms with E-state index in [4.69, 9.17) is 0 Å². The van der Waals surface area contributed by atoms with Crippen molar-refractivity contribution in [3.8, 4) is 0 Å². The van der Waals surface area contributed by atoms with Crippen LogP contribution in [-0.4, -0.2) is 18.2 Å². The van der Waals surface area contributed by atoms with Crippen LogP contribution in [0.2, 0.25) is 0 Å². The fraction of sp³-hybridized carbons (Fsp3) is 0.467. The van der Waals surface area contributed by atoms with Crippen LogP contribution in [-0.2, 0) is 13.5 Å². The first kappa shape index (κ1) is 12.2. The molecule has 0 radical (unpaired) electrons. The second-order valence-corrected chi connectivity index (χ2v) is 4.88. The van der Waals surface area contributed by atoms with Crippen LogP contribution in [0, 0.1) is 13.8 Å². The van der Waals surface area contributed by atoms with Crippen molar-refractivity contribution in [1.29, 1.82) is 0 Å². The van der Waals surface area contributed by atoms with Gasteiger partial charge in [-0.05, 0) is 57.0 Å². The molecule has 0 spiro atoms. The Kier molecular flexibility index (Phi) is 3.53. The molecule has 2 heteroatoms. The van der Waals surface area contributed by atoms with Gasteiger partial charge in [-0.25, -0.2) is 0 Å². The monoisotopic (exact) mass is 230 g/mol. The molecule has 1 heterocycles. The molecule has 0 aliphatic rings. The lowest BCUT2D eigenvalue weighted by atomic mass is 10.0. The normalized spacial score (nSPS) is 11.3. The zero-order valence-corrected chi connectivity index (χ0v) is 11.3. The molecule has 0 amide bonds. The smallest absolute Gasteiger partial charge is 0.0512 e. The minimum atomic E-state index is 1.08. The molecule has 0 aliphatic carbocycles. The lowest BCUT2D eigenvalue weighted by molar-refractivity contribution is 0.725. The van der Waals surface area contributed by atoms with Crippen molar-refractivity contribution >= 4 is 10.9 Å². The number of fused-ring (bicyclic) bond motifs is 1. The average Bonchev–Trinajstić information content (AvgIpc) is 2.62. The molecule has 1 N–H and O–H groups in total. The topological polar surface area (TPSA) is 17.0 Å². The van der Waals surface area contributed by atoms with Gasteiger partial charge in [-0.3, -0.25) is 0 Å². The lowest BCUT2D eigenvalue weighted by Gasteiger charge is -2.05. The molecule has 0 bridgehead atoms.